The minimum atomic E-state index is -0.365. The Labute approximate surface area is 127 Å². The minimum Gasteiger partial charge on any atom is -0.336 e. The lowest BCUT2D eigenvalue weighted by Crippen LogP contribution is -2.35. The van der Waals surface area contributed by atoms with Crippen LogP contribution in [0.2, 0.25) is 5.15 Å². The van der Waals surface area contributed by atoms with Crippen LogP contribution in [0, 0.1) is 5.82 Å². The van der Waals surface area contributed by atoms with Gasteiger partial charge in [0.05, 0.1) is 11.1 Å². The van der Waals surface area contributed by atoms with Gasteiger partial charge >= 0.3 is 0 Å². The Morgan fingerprint density at radius 3 is 3.05 bits per heavy atom. The molecule has 2 heterocycles. The molecule has 0 aliphatic carbocycles. The Balaban J connectivity index is 2.01. The third kappa shape index (κ3) is 2.60. The number of halogens is 2. The van der Waals surface area contributed by atoms with Crippen LogP contribution in [-0.4, -0.2) is 28.4 Å². The molecule has 1 aromatic heterocycles. The Bertz CT molecular complexity index is 704. The summed E-state index contributed by atoms with van der Waals surface area (Å²) < 4.78 is 13.2. The summed E-state index contributed by atoms with van der Waals surface area (Å²) >= 11 is 6.14. The third-order valence-electron chi connectivity index (χ3n) is 4.07. The summed E-state index contributed by atoms with van der Waals surface area (Å²) in [7, 11) is 0. The van der Waals surface area contributed by atoms with E-state index >= 15 is 0 Å². The average molecular weight is 307 g/mol. The zero-order valence-corrected chi connectivity index (χ0v) is 12.5. The topological polar surface area (TPSA) is 33.2 Å². The number of pyridine rings is 1. The van der Waals surface area contributed by atoms with Crippen molar-refractivity contribution in [3.63, 3.8) is 0 Å². The number of carbonyl (C=O) groups excluding carboxylic acids is 1. The highest BCUT2D eigenvalue weighted by Gasteiger charge is 2.29. The molecule has 1 aromatic carbocycles. The molecular weight excluding hydrogens is 291 g/mol. The maximum absolute atomic E-state index is 13.2. The third-order valence-corrected chi connectivity index (χ3v) is 4.36. The fourth-order valence-corrected chi connectivity index (χ4v) is 3.18. The first-order valence-corrected chi connectivity index (χ1v) is 7.54. The average Bonchev–Trinajstić information content (AvgIpc) is 2.94. The molecule has 1 amide bonds. The van der Waals surface area contributed by atoms with Crippen molar-refractivity contribution in [1.82, 2.24) is 9.88 Å². The van der Waals surface area contributed by atoms with Crippen LogP contribution in [0.1, 0.15) is 36.5 Å². The van der Waals surface area contributed by atoms with Gasteiger partial charge in [-0.15, -0.1) is 0 Å². The first kappa shape index (κ1) is 14.3. The molecule has 1 unspecified atom stereocenters. The molecule has 1 saturated heterocycles. The predicted molar refractivity (Wildman–Crippen MR) is 81.1 cm³/mol. The van der Waals surface area contributed by atoms with Crippen molar-refractivity contribution < 1.29 is 9.18 Å². The molecule has 1 aliphatic rings. The Kier molecular flexibility index (Phi) is 3.81. The molecule has 1 fully saturated rings. The molecule has 110 valence electrons. The van der Waals surface area contributed by atoms with E-state index in [1.165, 1.54) is 12.1 Å². The van der Waals surface area contributed by atoms with E-state index in [0.29, 0.717) is 11.1 Å². The van der Waals surface area contributed by atoms with Crippen molar-refractivity contribution in [2.75, 3.05) is 6.54 Å². The first-order valence-electron chi connectivity index (χ1n) is 7.17. The van der Waals surface area contributed by atoms with Crippen molar-refractivity contribution in [2.24, 2.45) is 0 Å². The van der Waals surface area contributed by atoms with Crippen LogP contribution >= 0.6 is 11.6 Å². The molecule has 0 spiro atoms. The van der Waals surface area contributed by atoms with Gasteiger partial charge in [-0.3, -0.25) is 4.79 Å². The summed E-state index contributed by atoms with van der Waals surface area (Å²) in [6, 6.07) is 6.28. The van der Waals surface area contributed by atoms with E-state index in [1.807, 2.05) is 4.90 Å². The number of aromatic nitrogens is 1. The van der Waals surface area contributed by atoms with Gasteiger partial charge < -0.3 is 4.90 Å². The lowest BCUT2D eigenvalue weighted by molar-refractivity contribution is 0.0733. The number of rotatable bonds is 2. The van der Waals surface area contributed by atoms with E-state index in [9.17, 15) is 9.18 Å². The summed E-state index contributed by atoms with van der Waals surface area (Å²) in [5.74, 6) is -0.446. The highest BCUT2D eigenvalue weighted by Crippen LogP contribution is 2.27. The van der Waals surface area contributed by atoms with Gasteiger partial charge in [0.1, 0.15) is 11.0 Å². The summed E-state index contributed by atoms with van der Waals surface area (Å²) in [6.45, 7) is 2.84. The second-order valence-electron chi connectivity index (χ2n) is 5.37. The van der Waals surface area contributed by atoms with Crippen LogP contribution in [0.4, 0.5) is 4.39 Å². The van der Waals surface area contributed by atoms with E-state index < -0.39 is 0 Å². The molecule has 0 radical (unpaired) electrons. The monoisotopic (exact) mass is 306 g/mol. The Morgan fingerprint density at radius 1 is 1.48 bits per heavy atom. The van der Waals surface area contributed by atoms with E-state index in [4.69, 9.17) is 11.6 Å². The van der Waals surface area contributed by atoms with Gasteiger partial charge in [-0.05, 0) is 37.5 Å². The zero-order valence-electron chi connectivity index (χ0n) is 11.8. The zero-order chi connectivity index (χ0) is 15.0. The van der Waals surface area contributed by atoms with Gasteiger partial charge in [0, 0.05) is 24.0 Å². The van der Waals surface area contributed by atoms with Crippen LogP contribution in [0.15, 0.2) is 24.3 Å². The molecular formula is C16H16ClFN2O. The number of fused-ring (bicyclic) bond motifs is 1. The van der Waals surface area contributed by atoms with E-state index in [-0.39, 0.29) is 22.9 Å². The van der Waals surface area contributed by atoms with Gasteiger partial charge in [-0.25, -0.2) is 9.37 Å². The van der Waals surface area contributed by atoms with Crippen LogP contribution in [0.3, 0.4) is 0 Å². The number of amides is 1. The quantitative estimate of drug-likeness (QED) is 0.784. The number of hydrogen-bond donors (Lipinski definition) is 0. The largest absolute Gasteiger partial charge is 0.336 e. The number of hydrogen-bond acceptors (Lipinski definition) is 2. The fourth-order valence-electron chi connectivity index (χ4n) is 2.95. The molecule has 2 aromatic rings. The maximum Gasteiger partial charge on any atom is 0.257 e. The van der Waals surface area contributed by atoms with Crippen LogP contribution in [-0.2, 0) is 0 Å². The normalized spacial score (nSPS) is 18.4. The van der Waals surface area contributed by atoms with Gasteiger partial charge in [0.15, 0.2) is 0 Å². The number of benzene rings is 1. The van der Waals surface area contributed by atoms with Gasteiger partial charge in [-0.1, -0.05) is 18.5 Å². The molecule has 3 rings (SSSR count). The van der Waals surface area contributed by atoms with Gasteiger partial charge in [0.2, 0.25) is 0 Å². The van der Waals surface area contributed by atoms with E-state index in [1.54, 1.807) is 12.1 Å². The predicted octanol–water partition coefficient (Wildman–Crippen LogP) is 4.04. The molecule has 3 nitrogen and oxygen atoms in total. The van der Waals surface area contributed by atoms with Gasteiger partial charge in [0.25, 0.3) is 5.91 Å². The van der Waals surface area contributed by atoms with Crippen molar-refractivity contribution in [3.05, 3.63) is 40.8 Å². The van der Waals surface area contributed by atoms with E-state index in [2.05, 4.69) is 11.9 Å². The van der Waals surface area contributed by atoms with Crippen LogP contribution in [0.5, 0.6) is 0 Å². The molecule has 0 N–H and O–H groups in total. The molecule has 21 heavy (non-hydrogen) atoms. The van der Waals surface area contributed by atoms with Crippen molar-refractivity contribution in [3.8, 4) is 0 Å². The van der Waals surface area contributed by atoms with Crippen molar-refractivity contribution in [2.45, 2.75) is 32.2 Å². The maximum atomic E-state index is 13.2. The smallest absolute Gasteiger partial charge is 0.257 e. The molecule has 5 heteroatoms. The number of nitrogens with zero attached hydrogens (tertiary/aromatic N) is 2. The molecule has 0 bridgehead atoms. The number of likely N-dealkylation sites (tertiary alicyclic amines) is 1. The lowest BCUT2D eigenvalue weighted by atomic mass is 10.1. The molecule has 1 atom stereocenters. The molecule has 1 aliphatic heterocycles. The highest BCUT2D eigenvalue weighted by atomic mass is 35.5. The lowest BCUT2D eigenvalue weighted by Gasteiger charge is -2.24. The standard InChI is InChI=1S/C16H16ClFN2O/c1-2-12-4-3-7-20(12)16(21)13-8-10-5-6-11(18)9-14(10)19-15(13)17/h5-6,8-9,12H,2-4,7H2,1H3. The van der Waals surface area contributed by atoms with E-state index in [0.717, 1.165) is 31.2 Å². The van der Waals surface area contributed by atoms with Crippen molar-refractivity contribution >= 4 is 28.4 Å². The first-order chi connectivity index (χ1) is 10.1. The second-order valence-corrected chi connectivity index (χ2v) is 5.72. The fraction of sp³-hybridized carbons (Fsp3) is 0.375. The summed E-state index contributed by atoms with van der Waals surface area (Å²) in [5, 5.41) is 0.858. The van der Waals surface area contributed by atoms with Crippen LogP contribution in [0.25, 0.3) is 10.9 Å². The van der Waals surface area contributed by atoms with Crippen LogP contribution < -0.4 is 0 Å². The van der Waals surface area contributed by atoms with Gasteiger partial charge in [-0.2, -0.15) is 0 Å². The number of carbonyl (C=O) groups is 1. The molecule has 0 saturated carbocycles. The highest BCUT2D eigenvalue weighted by molar-refractivity contribution is 6.33. The second kappa shape index (κ2) is 5.60. The minimum absolute atomic E-state index is 0.0805. The Hall–Kier alpha value is -1.68. The summed E-state index contributed by atoms with van der Waals surface area (Å²) in [4.78, 5) is 18.7. The summed E-state index contributed by atoms with van der Waals surface area (Å²) in [5.41, 5.74) is 0.862. The van der Waals surface area contributed by atoms with Crippen molar-refractivity contribution in [1.29, 1.82) is 0 Å². The summed E-state index contributed by atoms with van der Waals surface area (Å²) in [6.07, 6.45) is 3.00. The SMILES string of the molecule is CCC1CCCN1C(=O)c1cc2ccc(F)cc2nc1Cl. The Morgan fingerprint density at radius 2 is 2.29 bits per heavy atom.